The third-order valence-electron chi connectivity index (χ3n) is 4.36. The van der Waals surface area contributed by atoms with E-state index in [2.05, 4.69) is 15.3 Å². The number of rotatable bonds is 7. The van der Waals surface area contributed by atoms with Gasteiger partial charge in [0.05, 0.1) is 25.8 Å². The number of anilines is 1. The number of amides is 1. The second kappa shape index (κ2) is 9.19. The number of fused-ring (bicyclic) bond motifs is 1. The third-order valence-corrected chi connectivity index (χ3v) is 7.22. The van der Waals surface area contributed by atoms with E-state index in [-0.39, 0.29) is 10.8 Å². The maximum absolute atomic E-state index is 12.3. The number of nitrogens with zero attached hydrogens (tertiary/aromatic N) is 2. The van der Waals surface area contributed by atoms with Gasteiger partial charge in [-0.1, -0.05) is 23.5 Å². The first-order valence-electron chi connectivity index (χ1n) is 9.50. The molecular formula is C22H19N3O4S3. The maximum Gasteiger partial charge on any atom is 0.250 e. The Bertz CT molecular complexity index is 1420. The Hall–Kier alpha value is -3.08. The molecule has 1 amide bonds. The molecule has 4 aromatic rings. The Labute approximate surface area is 193 Å². The van der Waals surface area contributed by atoms with Gasteiger partial charge < -0.3 is 4.74 Å². The topological polar surface area (TPSA) is 98.2 Å². The fourth-order valence-corrected chi connectivity index (χ4v) is 5.07. The van der Waals surface area contributed by atoms with Crippen molar-refractivity contribution in [3.63, 3.8) is 0 Å². The first-order chi connectivity index (χ1) is 15.3. The highest BCUT2D eigenvalue weighted by Crippen LogP contribution is 2.28. The number of hydrogen-bond acceptors (Lipinski definition) is 8. The van der Waals surface area contributed by atoms with Crippen molar-refractivity contribution < 1.29 is 17.9 Å². The molecule has 0 aliphatic rings. The van der Waals surface area contributed by atoms with Crippen molar-refractivity contribution in [1.82, 2.24) is 9.97 Å². The fourth-order valence-electron chi connectivity index (χ4n) is 2.85. The van der Waals surface area contributed by atoms with E-state index in [0.29, 0.717) is 27.7 Å². The number of aryl methyl sites for hydroxylation is 1. The summed E-state index contributed by atoms with van der Waals surface area (Å²) < 4.78 is 29.9. The SMILES string of the molecule is Cc1nc(COc2cccc(/C=C/C(=O)Nc3nc4ccc(S(C)(=O)=O)cc4s3)c2)cs1. The summed E-state index contributed by atoms with van der Waals surface area (Å²) in [6.07, 6.45) is 4.25. The second-order valence-corrected chi connectivity index (χ2v) is 11.1. The lowest BCUT2D eigenvalue weighted by Gasteiger charge is -2.05. The van der Waals surface area contributed by atoms with Gasteiger partial charge in [0.1, 0.15) is 12.4 Å². The molecule has 7 nitrogen and oxygen atoms in total. The molecule has 164 valence electrons. The molecule has 0 radical (unpaired) electrons. The van der Waals surface area contributed by atoms with Crippen LogP contribution in [0.2, 0.25) is 0 Å². The van der Waals surface area contributed by atoms with E-state index in [1.54, 1.807) is 29.5 Å². The van der Waals surface area contributed by atoms with E-state index >= 15 is 0 Å². The Kier molecular flexibility index (Phi) is 6.35. The van der Waals surface area contributed by atoms with Crippen LogP contribution >= 0.6 is 22.7 Å². The predicted octanol–water partition coefficient (Wildman–Crippen LogP) is 4.70. The Morgan fingerprint density at radius 1 is 1.19 bits per heavy atom. The van der Waals surface area contributed by atoms with Crippen LogP contribution in [0.5, 0.6) is 5.75 Å². The maximum atomic E-state index is 12.3. The summed E-state index contributed by atoms with van der Waals surface area (Å²) in [7, 11) is -3.30. The molecule has 0 aliphatic heterocycles. The minimum atomic E-state index is -3.30. The third kappa shape index (κ3) is 5.58. The summed E-state index contributed by atoms with van der Waals surface area (Å²) in [4.78, 5) is 21.2. The molecule has 10 heteroatoms. The van der Waals surface area contributed by atoms with E-state index in [1.807, 2.05) is 36.6 Å². The van der Waals surface area contributed by atoms with Crippen molar-refractivity contribution in [2.45, 2.75) is 18.4 Å². The molecule has 0 fully saturated rings. The van der Waals surface area contributed by atoms with Crippen LogP contribution in [0.1, 0.15) is 16.3 Å². The van der Waals surface area contributed by atoms with Crippen molar-refractivity contribution in [2.24, 2.45) is 0 Å². The highest BCUT2D eigenvalue weighted by atomic mass is 32.2. The smallest absolute Gasteiger partial charge is 0.250 e. The number of carbonyl (C=O) groups excluding carboxylic acids is 1. The lowest BCUT2D eigenvalue weighted by molar-refractivity contribution is -0.111. The Morgan fingerprint density at radius 3 is 2.78 bits per heavy atom. The first kappa shape index (κ1) is 22.1. The van der Waals surface area contributed by atoms with Crippen molar-refractivity contribution in [2.75, 3.05) is 11.6 Å². The average Bonchev–Trinajstić information content (AvgIpc) is 3.35. The van der Waals surface area contributed by atoms with Crippen LogP contribution in [-0.2, 0) is 21.2 Å². The lowest BCUT2D eigenvalue weighted by Crippen LogP contribution is -2.07. The summed E-state index contributed by atoms with van der Waals surface area (Å²) in [5, 5.41) is 6.08. The fraction of sp³-hybridized carbons (Fsp3) is 0.136. The zero-order valence-electron chi connectivity index (χ0n) is 17.2. The molecule has 2 heterocycles. The van der Waals surface area contributed by atoms with Crippen LogP contribution in [0.3, 0.4) is 0 Å². The van der Waals surface area contributed by atoms with Crippen LogP contribution in [0.15, 0.2) is 58.8 Å². The quantitative estimate of drug-likeness (QED) is 0.381. The molecule has 0 atom stereocenters. The molecule has 0 spiro atoms. The van der Waals surface area contributed by atoms with Gasteiger partial charge in [-0.05, 0) is 48.9 Å². The zero-order chi connectivity index (χ0) is 22.7. The van der Waals surface area contributed by atoms with Crippen molar-refractivity contribution in [1.29, 1.82) is 0 Å². The van der Waals surface area contributed by atoms with Crippen LogP contribution in [0.25, 0.3) is 16.3 Å². The van der Waals surface area contributed by atoms with Crippen LogP contribution < -0.4 is 10.1 Å². The van der Waals surface area contributed by atoms with Crippen LogP contribution in [0.4, 0.5) is 5.13 Å². The lowest BCUT2D eigenvalue weighted by atomic mass is 10.2. The Balaban J connectivity index is 1.40. The number of carbonyl (C=O) groups is 1. The Morgan fingerprint density at radius 2 is 2.03 bits per heavy atom. The van der Waals surface area contributed by atoms with Gasteiger partial charge in [0.25, 0.3) is 0 Å². The normalized spacial score (nSPS) is 11.8. The van der Waals surface area contributed by atoms with E-state index < -0.39 is 9.84 Å². The van der Waals surface area contributed by atoms with Gasteiger partial charge in [0.2, 0.25) is 5.91 Å². The molecule has 2 aromatic carbocycles. The van der Waals surface area contributed by atoms with Gasteiger partial charge >= 0.3 is 0 Å². The van der Waals surface area contributed by atoms with Crippen LogP contribution in [0, 0.1) is 6.92 Å². The number of sulfone groups is 1. The minimum absolute atomic E-state index is 0.221. The predicted molar refractivity (Wildman–Crippen MR) is 128 cm³/mol. The molecule has 2 aromatic heterocycles. The van der Waals surface area contributed by atoms with Gasteiger partial charge in [-0.15, -0.1) is 11.3 Å². The van der Waals surface area contributed by atoms with Gasteiger partial charge in [0.15, 0.2) is 15.0 Å². The summed E-state index contributed by atoms with van der Waals surface area (Å²) >= 11 is 2.80. The molecule has 0 unspecified atom stereocenters. The zero-order valence-corrected chi connectivity index (χ0v) is 19.7. The van der Waals surface area contributed by atoms with Gasteiger partial charge in [-0.3, -0.25) is 10.1 Å². The van der Waals surface area contributed by atoms with Gasteiger partial charge in [-0.2, -0.15) is 0 Å². The number of ether oxygens (including phenoxy) is 1. The molecule has 0 aliphatic carbocycles. The summed E-state index contributed by atoms with van der Waals surface area (Å²) in [6, 6.07) is 12.1. The van der Waals surface area contributed by atoms with E-state index in [1.165, 1.54) is 23.5 Å². The molecule has 32 heavy (non-hydrogen) atoms. The summed E-state index contributed by atoms with van der Waals surface area (Å²) in [5.41, 5.74) is 2.32. The number of aromatic nitrogens is 2. The van der Waals surface area contributed by atoms with Crippen LogP contribution in [-0.4, -0.2) is 30.5 Å². The molecule has 1 N–H and O–H groups in total. The summed E-state index contributed by atoms with van der Waals surface area (Å²) in [5.74, 6) is 0.350. The molecule has 0 saturated carbocycles. The first-order valence-corrected chi connectivity index (χ1v) is 13.1. The average molecular weight is 486 g/mol. The number of benzene rings is 2. The molecule has 0 bridgehead atoms. The number of hydrogen-bond donors (Lipinski definition) is 1. The molecule has 0 saturated heterocycles. The highest BCUT2D eigenvalue weighted by Gasteiger charge is 2.11. The highest BCUT2D eigenvalue weighted by molar-refractivity contribution is 7.90. The van der Waals surface area contributed by atoms with E-state index in [0.717, 1.165) is 22.5 Å². The molecule has 4 rings (SSSR count). The van der Waals surface area contributed by atoms with Crippen molar-refractivity contribution in [3.8, 4) is 5.75 Å². The van der Waals surface area contributed by atoms with Gasteiger partial charge in [0, 0.05) is 17.7 Å². The second-order valence-electron chi connectivity index (χ2n) is 6.96. The van der Waals surface area contributed by atoms with Crippen molar-refractivity contribution in [3.05, 3.63) is 70.2 Å². The van der Waals surface area contributed by atoms with Crippen molar-refractivity contribution >= 4 is 59.8 Å². The largest absolute Gasteiger partial charge is 0.487 e. The number of nitrogens with one attached hydrogen (secondary N) is 1. The minimum Gasteiger partial charge on any atom is -0.487 e. The number of thiazole rings is 2. The summed E-state index contributed by atoms with van der Waals surface area (Å²) in [6.45, 7) is 2.34. The van der Waals surface area contributed by atoms with E-state index in [9.17, 15) is 13.2 Å². The van der Waals surface area contributed by atoms with E-state index in [4.69, 9.17) is 4.74 Å². The molecular weight excluding hydrogens is 466 g/mol. The monoisotopic (exact) mass is 485 g/mol. The standard InChI is InChI=1S/C22H19N3O4S3/c1-14-23-16(13-30-14)12-29-17-5-3-4-15(10-17)6-9-21(26)25-22-24-19-8-7-18(32(2,27)28)11-20(19)31-22/h3-11,13H,12H2,1-2H3,(H,24,25,26)/b9-6+. The van der Waals surface area contributed by atoms with Gasteiger partial charge in [-0.25, -0.2) is 18.4 Å².